The zero-order valence-corrected chi connectivity index (χ0v) is 8.90. The highest BCUT2D eigenvalue weighted by atomic mass is 32.1. The summed E-state index contributed by atoms with van der Waals surface area (Å²) in [6.07, 6.45) is 2.41. The van der Waals surface area contributed by atoms with E-state index in [1.807, 2.05) is 0 Å². The standard InChI is InChI=1S/C9H21NS/c1-4-9(11)7-8-10(5-2)6-3/h9,11H,4-8H2,1-3H3. The molecular weight excluding hydrogens is 154 g/mol. The van der Waals surface area contributed by atoms with Crippen LogP contribution in [0.1, 0.15) is 33.6 Å². The van der Waals surface area contributed by atoms with E-state index >= 15 is 0 Å². The molecule has 1 unspecified atom stereocenters. The first-order chi connectivity index (χ1) is 5.24. The molecule has 0 aliphatic rings. The van der Waals surface area contributed by atoms with Crippen LogP contribution >= 0.6 is 12.6 Å². The lowest BCUT2D eigenvalue weighted by molar-refractivity contribution is 0.298. The highest BCUT2D eigenvalue weighted by Gasteiger charge is 2.02. The van der Waals surface area contributed by atoms with Gasteiger partial charge in [0, 0.05) is 5.25 Å². The van der Waals surface area contributed by atoms with Gasteiger partial charge in [0.2, 0.25) is 0 Å². The van der Waals surface area contributed by atoms with E-state index in [1.54, 1.807) is 0 Å². The van der Waals surface area contributed by atoms with Crippen molar-refractivity contribution in [1.82, 2.24) is 4.90 Å². The molecule has 0 radical (unpaired) electrons. The molecule has 0 N–H and O–H groups in total. The zero-order chi connectivity index (χ0) is 8.69. The van der Waals surface area contributed by atoms with Crippen LogP contribution in [0.5, 0.6) is 0 Å². The lowest BCUT2D eigenvalue weighted by Gasteiger charge is -2.19. The Kier molecular flexibility index (Phi) is 7.18. The van der Waals surface area contributed by atoms with Gasteiger partial charge >= 0.3 is 0 Å². The van der Waals surface area contributed by atoms with Crippen LogP contribution in [0.2, 0.25) is 0 Å². The third-order valence-corrected chi connectivity index (χ3v) is 2.77. The van der Waals surface area contributed by atoms with Gasteiger partial charge in [-0.15, -0.1) is 0 Å². The van der Waals surface area contributed by atoms with E-state index in [9.17, 15) is 0 Å². The van der Waals surface area contributed by atoms with Gasteiger partial charge < -0.3 is 4.90 Å². The normalized spacial score (nSPS) is 13.9. The molecule has 0 heterocycles. The van der Waals surface area contributed by atoms with E-state index in [0.29, 0.717) is 5.25 Å². The summed E-state index contributed by atoms with van der Waals surface area (Å²) >= 11 is 4.46. The number of rotatable bonds is 6. The number of thiol groups is 1. The summed E-state index contributed by atoms with van der Waals surface area (Å²) in [5.74, 6) is 0. The monoisotopic (exact) mass is 175 g/mol. The van der Waals surface area contributed by atoms with E-state index in [4.69, 9.17) is 0 Å². The van der Waals surface area contributed by atoms with Crippen molar-refractivity contribution in [1.29, 1.82) is 0 Å². The minimum atomic E-state index is 0.593. The second-order valence-electron chi connectivity index (χ2n) is 2.88. The van der Waals surface area contributed by atoms with Crippen LogP contribution in [-0.4, -0.2) is 29.8 Å². The van der Waals surface area contributed by atoms with Crippen LogP contribution in [-0.2, 0) is 0 Å². The van der Waals surface area contributed by atoms with Gasteiger partial charge in [-0.2, -0.15) is 12.6 Å². The Bertz CT molecular complexity index is 81.6. The minimum Gasteiger partial charge on any atom is -0.304 e. The van der Waals surface area contributed by atoms with Crippen molar-refractivity contribution in [2.24, 2.45) is 0 Å². The number of hydrogen-bond donors (Lipinski definition) is 1. The van der Waals surface area contributed by atoms with Crippen LogP contribution in [0, 0.1) is 0 Å². The molecule has 0 aromatic carbocycles. The predicted octanol–water partition coefficient (Wildman–Crippen LogP) is 2.43. The van der Waals surface area contributed by atoms with Gasteiger partial charge in [0.05, 0.1) is 0 Å². The fourth-order valence-corrected chi connectivity index (χ4v) is 1.19. The molecule has 1 atom stereocenters. The Morgan fingerprint density at radius 2 is 1.73 bits per heavy atom. The lowest BCUT2D eigenvalue weighted by atomic mass is 10.2. The Morgan fingerprint density at radius 1 is 1.18 bits per heavy atom. The molecular formula is C9H21NS. The van der Waals surface area contributed by atoms with E-state index in [2.05, 4.69) is 38.3 Å². The van der Waals surface area contributed by atoms with Crippen LogP contribution in [0.4, 0.5) is 0 Å². The lowest BCUT2D eigenvalue weighted by Crippen LogP contribution is -2.25. The highest BCUT2D eigenvalue weighted by Crippen LogP contribution is 2.06. The fraction of sp³-hybridized carbons (Fsp3) is 1.00. The summed E-state index contributed by atoms with van der Waals surface area (Å²) in [5, 5.41) is 0.593. The summed E-state index contributed by atoms with van der Waals surface area (Å²) < 4.78 is 0. The minimum absolute atomic E-state index is 0.593. The molecule has 0 rings (SSSR count). The van der Waals surface area contributed by atoms with Crippen molar-refractivity contribution in [3.63, 3.8) is 0 Å². The third kappa shape index (κ3) is 5.57. The van der Waals surface area contributed by atoms with Gasteiger partial charge in [-0.1, -0.05) is 20.8 Å². The molecule has 68 valence electrons. The summed E-state index contributed by atoms with van der Waals surface area (Å²) in [7, 11) is 0. The highest BCUT2D eigenvalue weighted by molar-refractivity contribution is 7.80. The maximum absolute atomic E-state index is 4.46. The van der Waals surface area contributed by atoms with Crippen LogP contribution in [0.25, 0.3) is 0 Å². The fourth-order valence-electron chi connectivity index (χ4n) is 1.08. The van der Waals surface area contributed by atoms with Crippen LogP contribution in [0.15, 0.2) is 0 Å². The van der Waals surface area contributed by atoms with Crippen molar-refractivity contribution < 1.29 is 0 Å². The first-order valence-electron chi connectivity index (χ1n) is 4.64. The number of hydrogen-bond acceptors (Lipinski definition) is 2. The van der Waals surface area contributed by atoms with Gasteiger partial charge in [0.25, 0.3) is 0 Å². The van der Waals surface area contributed by atoms with Crippen LogP contribution < -0.4 is 0 Å². The van der Waals surface area contributed by atoms with Gasteiger partial charge in [-0.25, -0.2) is 0 Å². The second-order valence-corrected chi connectivity index (χ2v) is 3.61. The maximum atomic E-state index is 4.46. The maximum Gasteiger partial charge on any atom is 0.00263 e. The van der Waals surface area contributed by atoms with Crippen LogP contribution in [0.3, 0.4) is 0 Å². The van der Waals surface area contributed by atoms with E-state index in [1.165, 1.54) is 32.5 Å². The Balaban J connectivity index is 3.34. The van der Waals surface area contributed by atoms with E-state index in [-0.39, 0.29) is 0 Å². The average Bonchev–Trinajstić information content (AvgIpc) is 2.06. The van der Waals surface area contributed by atoms with E-state index < -0.39 is 0 Å². The van der Waals surface area contributed by atoms with Gasteiger partial charge in [-0.3, -0.25) is 0 Å². The second kappa shape index (κ2) is 6.99. The molecule has 0 fully saturated rings. The molecule has 2 heteroatoms. The third-order valence-electron chi connectivity index (χ3n) is 2.14. The molecule has 0 aliphatic carbocycles. The van der Waals surface area contributed by atoms with Crippen molar-refractivity contribution in [3.8, 4) is 0 Å². The quantitative estimate of drug-likeness (QED) is 0.607. The molecule has 0 aromatic heterocycles. The van der Waals surface area contributed by atoms with Crippen molar-refractivity contribution in [2.75, 3.05) is 19.6 Å². The Morgan fingerprint density at radius 3 is 2.09 bits per heavy atom. The molecule has 0 bridgehead atoms. The zero-order valence-electron chi connectivity index (χ0n) is 8.01. The van der Waals surface area contributed by atoms with Crippen molar-refractivity contribution >= 4 is 12.6 Å². The molecule has 0 aliphatic heterocycles. The summed E-state index contributed by atoms with van der Waals surface area (Å²) in [4.78, 5) is 2.44. The first-order valence-corrected chi connectivity index (χ1v) is 5.16. The predicted molar refractivity (Wildman–Crippen MR) is 55.5 cm³/mol. The molecule has 0 saturated carbocycles. The van der Waals surface area contributed by atoms with Gasteiger partial charge in [-0.05, 0) is 32.5 Å². The van der Waals surface area contributed by atoms with Crippen molar-refractivity contribution in [3.05, 3.63) is 0 Å². The molecule has 0 saturated heterocycles. The van der Waals surface area contributed by atoms with Gasteiger partial charge in [0.1, 0.15) is 0 Å². The topological polar surface area (TPSA) is 3.24 Å². The SMILES string of the molecule is CCC(S)CCN(CC)CC. The summed E-state index contributed by atoms with van der Waals surface area (Å²) in [6, 6.07) is 0. The molecule has 11 heavy (non-hydrogen) atoms. The molecule has 0 spiro atoms. The Labute approximate surface area is 76.6 Å². The smallest absolute Gasteiger partial charge is 0.00263 e. The largest absolute Gasteiger partial charge is 0.304 e. The summed E-state index contributed by atoms with van der Waals surface area (Å²) in [6.45, 7) is 10.2. The first kappa shape index (κ1) is 11.3. The van der Waals surface area contributed by atoms with E-state index in [0.717, 1.165) is 0 Å². The summed E-state index contributed by atoms with van der Waals surface area (Å²) in [5.41, 5.74) is 0. The van der Waals surface area contributed by atoms with Crippen molar-refractivity contribution in [2.45, 2.75) is 38.9 Å². The van der Waals surface area contributed by atoms with Gasteiger partial charge in [0.15, 0.2) is 0 Å². The number of nitrogens with zero attached hydrogens (tertiary/aromatic N) is 1. The molecule has 1 nitrogen and oxygen atoms in total. The average molecular weight is 175 g/mol. The molecule has 0 amide bonds. The Hall–Kier alpha value is 0.310. The molecule has 0 aromatic rings.